The molecule has 0 aromatic heterocycles. The number of hydrogen-bond acceptors (Lipinski definition) is 5. The number of carbonyl (C=O) groups is 3. The number of ketones is 1. The van der Waals surface area contributed by atoms with Gasteiger partial charge in [0.25, 0.3) is 0 Å². The van der Waals surface area contributed by atoms with E-state index in [4.69, 9.17) is 4.74 Å². The fourth-order valence-electron chi connectivity index (χ4n) is 7.98. The molecular formula is C28H42O6. The second-order valence-corrected chi connectivity index (χ2v) is 11.8. The second kappa shape index (κ2) is 9.25. The van der Waals surface area contributed by atoms with E-state index in [1.54, 1.807) is 0 Å². The minimum absolute atomic E-state index is 0.0262. The summed E-state index contributed by atoms with van der Waals surface area (Å²) in [6.45, 7) is 14.6. The number of carbonyl (C=O) groups excluding carboxylic acids is 2. The number of Topliss-reactive ketones (excluding diaryl/α,β-unsaturated/α-hetero) is 1. The Balaban J connectivity index is 2.08. The highest BCUT2D eigenvalue weighted by molar-refractivity contribution is 6.00. The summed E-state index contributed by atoms with van der Waals surface area (Å²) in [5, 5.41) is 20.9. The van der Waals surface area contributed by atoms with Crippen LogP contribution in [0, 0.1) is 34.0 Å². The quantitative estimate of drug-likeness (QED) is 0.375. The number of hydrogen-bond donors (Lipinski definition) is 2. The lowest BCUT2D eigenvalue weighted by molar-refractivity contribution is -0.141. The number of allylic oxidation sites excluding steroid dienone is 2. The van der Waals surface area contributed by atoms with Crippen molar-refractivity contribution in [3.8, 4) is 0 Å². The maximum atomic E-state index is 14.0. The molecule has 0 radical (unpaired) electrons. The number of rotatable bonds is 8. The van der Waals surface area contributed by atoms with Crippen LogP contribution in [-0.2, 0) is 19.1 Å². The van der Waals surface area contributed by atoms with Crippen LogP contribution in [0.5, 0.6) is 0 Å². The normalized spacial score (nSPS) is 38.2. The fourth-order valence-corrected chi connectivity index (χ4v) is 7.98. The van der Waals surface area contributed by atoms with Gasteiger partial charge in [-0.3, -0.25) is 14.4 Å². The summed E-state index contributed by atoms with van der Waals surface area (Å²) in [5.74, 6) is -0.715. The van der Waals surface area contributed by atoms with Crippen LogP contribution in [0.25, 0.3) is 0 Å². The summed E-state index contributed by atoms with van der Waals surface area (Å²) in [6.07, 6.45) is 3.30. The molecule has 0 heterocycles. The van der Waals surface area contributed by atoms with Crippen LogP contribution < -0.4 is 0 Å². The summed E-state index contributed by atoms with van der Waals surface area (Å²) in [5.41, 5.74) is 1.05. The highest BCUT2D eigenvalue weighted by Crippen LogP contribution is 2.70. The SMILES string of the molecule is C=C(C)C1C[C@H](O)C2=C(C(=O)C[C@]3(C)[C@@H]([C@H](C)CCC(=O)OC)CC[C@@]23C)[C@@]1(C)CCC(=O)O. The van der Waals surface area contributed by atoms with Gasteiger partial charge >= 0.3 is 11.9 Å². The summed E-state index contributed by atoms with van der Waals surface area (Å²) in [4.78, 5) is 37.2. The summed E-state index contributed by atoms with van der Waals surface area (Å²) in [7, 11) is 1.40. The first-order valence-electron chi connectivity index (χ1n) is 12.6. The number of aliphatic carboxylic acids is 1. The minimum Gasteiger partial charge on any atom is -0.481 e. The van der Waals surface area contributed by atoms with E-state index < -0.39 is 17.5 Å². The third-order valence-electron chi connectivity index (χ3n) is 10.0. The average Bonchev–Trinajstić information content (AvgIpc) is 3.02. The van der Waals surface area contributed by atoms with Crippen LogP contribution >= 0.6 is 0 Å². The van der Waals surface area contributed by atoms with Crippen molar-refractivity contribution < 1.29 is 29.3 Å². The number of carboxylic acid groups (broad SMARTS) is 1. The molecule has 3 aliphatic carbocycles. The van der Waals surface area contributed by atoms with E-state index in [1.165, 1.54) is 7.11 Å². The molecule has 6 nitrogen and oxygen atoms in total. The van der Waals surface area contributed by atoms with E-state index in [0.717, 1.165) is 24.0 Å². The number of aliphatic hydroxyl groups excluding tert-OH is 1. The first kappa shape index (κ1) is 26.7. The number of esters is 1. The molecule has 0 aromatic carbocycles. The summed E-state index contributed by atoms with van der Waals surface area (Å²) < 4.78 is 4.83. The van der Waals surface area contributed by atoms with E-state index in [9.17, 15) is 24.6 Å². The highest BCUT2D eigenvalue weighted by atomic mass is 16.5. The van der Waals surface area contributed by atoms with Gasteiger partial charge in [-0.1, -0.05) is 39.8 Å². The van der Waals surface area contributed by atoms with Crippen LogP contribution in [0.3, 0.4) is 0 Å². The number of aliphatic hydroxyl groups is 1. The molecule has 2 N–H and O–H groups in total. The van der Waals surface area contributed by atoms with E-state index in [-0.39, 0.29) is 46.8 Å². The minimum atomic E-state index is -0.880. The topological polar surface area (TPSA) is 101 Å². The first-order chi connectivity index (χ1) is 15.7. The third-order valence-corrected chi connectivity index (χ3v) is 10.0. The molecule has 6 heteroatoms. The van der Waals surface area contributed by atoms with Gasteiger partial charge in [0.1, 0.15) is 0 Å². The number of methoxy groups -OCH3 is 1. The van der Waals surface area contributed by atoms with E-state index in [2.05, 4.69) is 27.4 Å². The number of fused-ring (bicyclic) bond motifs is 2. The zero-order chi connectivity index (χ0) is 25.6. The van der Waals surface area contributed by atoms with Gasteiger partial charge < -0.3 is 14.9 Å². The third kappa shape index (κ3) is 4.06. The van der Waals surface area contributed by atoms with Crippen LogP contribution in [0.4, 0.5) is 0 Å². The van der Waals surface area contributed by atoms with Crippen molar-refractivity contribution >= 4 is 17.7 Å². The molecule has 190 valence electrons. The molecule has 3 aliphatic rings. The number of carboxylic acids is 1. The van der Waals surface area contributed by atoms with Crippen molar-refractivity contribution in [3.05, 3.63) is 23.3 Å². The Morgan fingerprint density at radius 3 is 2.44 bits per heavy atom. The monoisotopic (exact) mass is 474 g/mol. The molecule has 0 aliphatic heterocycles. The Kier molecular flexibility index (Phi) is 7.25. The fraction of sp³-hybridized carbons (Fsp3) is 0.750. The maximum absolute atomic E-state index is 14.0. The first-order valence-corrected chi connectivity index (χ1v) is 12.6. The van der Waals surface area contributed by atoms with Crippen molar-refractivity contribution in [1.82, 2.24) is 0 Å². The van der Waals surface area contributed by atoms with E-state index >= 15 is 0 Å². The van der Waals surface area contributed by atoms with Crippen LogP contribution in [0.15, 0.2) is 23.3 Å². The molecule has 0 bridgehead atoms. The molecule has 0 spiro atoms. The molecular weight excluding hydrogens is 432 g/mol. The van der Waals surface area contributed by atoms with Gasteiger partial charge in [-0.2, -0.15) is 0 Å². The Hall–Kier alpha value is -1.95. The largest absolute Gasteiger partial charge is 0.481 e. The van der Waals surface area contributed by atoms with Gasteiger partial charge in [0, 0.05) is 30.3 Å². The Labute approximate surface area is 203 Å². The van der Waals surface area contributed by atoms with Crippen LogP contribution in [-0.4, -0.2) is 41.1 Å². The lowest BCUT2D eigenvalue weighted by Gasteiger charge is -2.58. The molecule has 1 saturated carbocycles. The molecule has 0 amide bonds. The number of ether oxygens (including phenoxy) is 1. The van der Waals surface area contributed by atoms with Crippen molar-refractivity contribution in [2.45, 2.75) is 92.1 Å². The summed E-state index contributed by atoms with van der Waals surface area (Å²) in [6, 6.07) is 0. The zero-order valence-corrected chi connectivity index (χ0v) is 21.7. The second-order valence-electron chi connectivity index (χ2n) is 11.8. The molecule has 3 rings (SSSR count). The molecule has 7 atom stereocenters. The van der Waals surface area contributed by atoms with Crippen LogP contribution in [0.1, 0.15) is 86.0 Å². The average molecular weight is 475 g/mol. The summed E-state index contributed by atoms with van der Waals surface area (Å²) >= 11 is 0. The zero-order valence-electron chi connectivity index (χ0n) is 21.7. The Bertz CT molecular complexity index is 918. The predicted octanol–water partition coefficient (Wildman–Crippen LogP) is 5.10. The van der Waals surface area contributed by atoms with Gasteiger partial charge in [-0.25, -0.2) is 0 Å². The van der Waals surface area contributed by atoms with Gasteiger partial charge in [-0.05, 0) is 73.2 Å². The van der Waals surface area contributed by atoms with Gasteiger partial charge in [0.05, 0.1) is 13.2 Å². The smallest absolute Gasteiger partial charge is 0.305 e. The molecule has 0 aromatic rings. The molecule has 1 fully saturated rings. The molecule has 34 heavy (non-hydrogen) atoms. The predicted molar refractivity (Wildman–Crippen MR) is 130 cm³/mol. The lowest BCUT2D eigenvalue weighted by atomic mass is 9.46. The van der Waals surface area contributed by atoms with Gasteiger partial charge in [0.15, 0.2) is 5.78 Å². The maximum Gasteiger partial charge on any atom is 0.305 e. The Morgan fingerprint density at radius 1 is 1.24 bits per heavy atom. The van der Waals surface area contributed by atoms with E-state index in [0.29, 0.717) is 37.7 Å². The molecule has 0 saturated heterocycles. The van der Waals surface area contributed by atoms with Crippen molar-refractivity contribution in [1.29, 1.82) is 0 Å². The van der Waals surface area contributed by atoms with E-state index in [1.807, 2.05) is 13.8 Å². The van der Waals surface area contributed by atoms with Gasteiger partial charge in [-0.15, -0.1) is 0 Å². The molecule has 1 unspecified atom stereocenters. The van der Waals surface area contributed by atoms with Crippen molar-refractivity contribution in [2.75, 3.05) is 7.11 Å². The Morgan fingerprint density at radius 2 is 1.88 bits per heavy atom. The lowest BCUT2D eigenvalue weighted by Crippen LogP contribution is -2.54. The van der Waals surface area contributed by atoms with Crippen molar-refractivity contribution in [2.24, 2.45) is 34.0 Å². The highest BCUT2D eigenvalue weighted by Gasteiger charge is 2.65. The standard InChI is InChI=1S/C28H42O6/c1-16(2)19-14-20(29)25-24(26(19,4)12-11-22(31)32)21(30)15-28(6)18(10-13-27(25,28)5)17(3)8-9-23(33)34-7/h17-20,29H,1,8-15H2,2-7H3,(H,31,32)/t17-,18-,19?,20+,26+,27+,28-/m1/s1. The van der Waals surface area contributed by atoms with Crippen molar-refractivity contribution in [3.63, 3.8) is 0 Å². The van der Waals surface area contributed by atoms with Gasteiger partial charge in [0.2, 0.25) is 0 Å². The van der Waals surface area contributed by atoms with Crippen LogP contribution in [0.2, 0.25) is 0 Å².